The minimum absolute atomic E-state index is 0.0741. The predicted molar refractivity (Wildman–Crippen MR) is 61.0 cm³/mol. The summed E-state index contributed by atoms with van der Waals surface area (Å²) >= 11 is 0. The average molecular weight is 193 g/mol. The molecule has 0 aromatic heterocycles. The molecule has 2 rings (SSSR count). The maximum atomic E-state index is 6.64. The lowest BCUT2D eigenvalue weighted by Gasteiger charge is -2.48. The monoisotopic (exact) mass is 193 g/mol. The Hall–Kier alpha value is -0.300. The first-order chi connectivity index (χ1) is 6.68. The van der Waals surface area contributed by atoms with Crippen LogP contribution in [0.15, 0.2) is 11.6 Å². The van der Waals surface area contributed by atoms with Crippen molar-refractivity contribution in [2.75, 3.05) is 0 Å². The van der Waals surface area contributed by atoms with Crippen LogP contribution in [0.25, 0.3) is 0 Å². The van der Waals surface area contributed by atoms with Crippen molar-refractivity contribution >= 4 is 0 Å². The zero-order chi connectivity index (χ0) is 10.2. The smallest absolute Gasteiger partial charge is 0.0400 e. The Morgan fingerprint density at radius 2 is 2.36 bits per heavy atom. The molecule has 1 nitrogen and oxygen atoms in total. The number of nitrogens with two attached hydrogens (primary N) is 1. The maximum absolute atomic E-state index is 6.64. The summed E-state index contributed by atoms with van der Waals surface area (Å²) in [7, 11) is 0. The quantitative estimate of drug-likeness (QED) is 0.636. The highest BCUT2D eigenvalue weighted by atomic mass is 14.8. The molecule has 0 amide bonds. The molecule has 0 aliphatic heterocycles. The van der Waals surface area contributed by atoms with Crippen LogP contribution in [0.1, 0.15) is 52.4 Å². The molecule has 0 radical (unpaired) electrons. The Labute approximate surface area is 87.8 Å². The van der Waals surface area contributed by atoms with Gasteiger partial charge in [-0.2, -0.15) is 0 Å². The van der Waals surface area contributed by atoms with Crippen LogP contribution in [0.5, 0.6) is 0 Å². The first-order valence-electron chi connectivity index (χ1n) is 6.17. The molecule has 0 bridgehead atoms. The van der Waals surface area contributed by atoms with Crippen LogP contribution in [0.4, 0.5) is 0 Å². The first kappa shape index (κ1) is 10.2. The largest absolute Gasteiger partial charge is 0.321 e. The summed E-state index contributed by atoms with van der Waals surface area (Å²) in [6.45, 7) is 4.68. The van der Waals surface area contributed by atoms with Gasteiger partial charge in [-0.15, -0.1) is 0 Å². The second-order valence-electron chi connectivity index (χ2n) is 5.19. The predicted octanol–water partition coefficient (Wildman–Crippen LogP) is 3.25. The van der Waals surface area contributed by atoms with Crippen molar-refractivity contribution in [3.8, 4) is 0 Å². The topological polar surface area (TPSA) is 26.0 Å². The summed E-state index contributed by atoms with van der Waals surface area (Å²) in [5, 5.41) is 0. The molecular weight excluding hydrogens is 170 g/mol. The van der Waals surface area contributed by atoms with Crippen LogP contribution in [-0.2, 0) is 0 Å². The molecule has 0 spiro atoms. The van der Waals surface area contributed by atoms with Crippen molar-refractivity contribution in [1.29, 1.82) is 0 Å². The van der Waals surface area contributed by atoms with Crippen LogP contribution in [0, 0.1) is 11.8 Å². The molecule has 2 aliphatic carbocycles. The summed E-state index contributed by atoms with van der Waals surface area (Å²) in [4.78, 5) is 0. The van der Waals surface area contributed by atoms with Gasteiger partial charge in [0.1, 0.15) is 0 Å². The molecule has 0 heterocycles. The zero-order valence-corrected chi connectivity index (χ0v) is 9.55. The third-order valence-corrected chi connectivity index (χ3v) is 4.44. The first-order valence-corrected chi connectivity index (χ1v) is 6.17. The molecule has 1 heteroatoms. The van der Waals surface area contributed by atoms with Gasteiger partial charge in [0.2, 0.25) is 0 Å². The SMILES string of the molecule is CCC1C(C)CCC2=CCCCC21N. The van der Waals surface area contributed by atoms with Crippen LogP contribution in [0.2, 0.25) is 0 Å². The van der Waals surface area contributed by atoms with Crippen molar-refractivity contribution in [3.05, 3.63) is 11.6 Å². The molecule has 1 saturated carbocycles. The highest BCUT2D eigenvalue weighted by Crippen LogP contribution is 2.46. The molecule has 0 aromatic carbocycles. The average Bonchev–Trinajstić information content (AvgIpc) is 2.17. The van der Waals surface area contributed by atoms with E-state index in [2.05, 4.69) is 19.9 Å². The van der Waals surface area contributed by atoms with Gasteiger partial charge in [0, 0.05) is 5.54 Å². The highest BCUT2D eigenvalue weighted by Gasteiger charge is 2.43. The zero-order valence-electron chi connectivity index (χ0n) is 9.55. The van der Waals surface area contributed by atoms with Crippen molar-refractivity contribution in [3.63, 3.8) is 0 Å². The summed E-state index contributed by atoms with van der Waals surface area (Å²) in [5.74, 6) is 1.54. The van der Waals surface area contributed by atoms with E-state index < -0.39 is 0 Å². The van der Waals surface area contributed by atoms with Gasteiger partial charge < -0.3 is 5.73 Å². The summed E-state index contributed by atoms with van der Waals surface area (Å²) in [6.07, 6.45) is 10.1. The van der Waals surface area contributed by atoms with E-state index in [4.69, 9.17) is 5.73 Å². The van der Waals surface area contributed by atoms with Crippen LogP contribution < -0.4 is 5.73 Å². The lowest BCUT2D eigenvalue weighted by Crippen LogP contribution is -2.54. The molecule has 80 valence electrons. The van der Waals surface area contributed by atoms with E-state index in [0.29, 0.717) is 0 Å². The van der Waals surface area contributed by atoms with E-state index in [-0.39, 0.29) is 5.54 Å². The van der Waals surface area contributed by atoms with Crippen molar-refractivity contribution in [2.45, 2.75) is 57.9 Å². The Balaban J connectivity index is 2.29. The van der Waals surface area contributed by atoms with Gasteiger partial charge in [-0.25, -0.2) is 0 Å². The van der Waals surface area contributed by atoms with Crippen LogP contribution >= 0.6 is 0 Å². The number of allylic oxidation sites excluding steroid dienone is 1. The fourth-order valence-corrected chi connectivity index (χ4v) is 3.64. The second-order valence-corrected chi connectivity index (χ2v) is 5.19. The number of fused-ring (bicyclic) bond motifs is 1. The third kappa shape index (κ3) is 1.42. The van der Waals surface area contributed by atoms with Crippen molar-refractivity contribution in [2.24, 2.45) is 17.6 Å². The van der Waals surface area contributed by atoms with E-state index >= 15 is 0 Å². The minimum Gasteiger partial charge on any atom is -0.321 e. The van der Waals surface area contributed by atoms with Crippen LogP contribution in [0.3, 0.4) is 0 Å². The molecule has 0 saturated heterocycles. The summed E-state index contributed by atoms with van der Waals surface area (Å²) < 4.78 is 0. The highest BCUT2D eigenvalue weighted by molar-refractivity contribution is 5.26. The Morgan fingerprint density at radius 1 is 1.57 bits per heavy atom. The van der Waals surface area contributed by atoms with E-state index in [9.17, 15) is 0 Å². The molecular formula is C13H23N. The molecule has 1 fully saturated rings. The van der Waals surface area contributed by atoms with E-state index in [0.717, 1.165) is 11.8 Å². The van der Waals surface area contributed by atoms with Gasteiger partial charge >= 0.3 is 0 Å². The Kier molecular flexibility index (Phi) is 2.70. The van der Waals surface area contributed by atoms with Gasteiger partial charge in [-0.3, -0.25) is 0 Å². The normalized spacial score (nSPS) is 42.9. The van der Waals surface area contributed by atoms with Crippen molar-refractivity contribution in [1.82, 2.24) is 0 Å². The molecule has 0 aromatic rings. The fraction of sp³-hybridized carbons (Fsp3) is 0.846. The van der Waals surface area contributed by atoms with E-state index in [1.165, 1.54) is 38.5 Å². The standard InChI is InChI=1S/C13H23N/c1-3-12-10(2)7-8-11-6-4-5-9-13(11,12)14/h6,10,12H,3-5,7-9,14H2,1-2H3. The minimum atomic E-state index is 0.0741. The Bertz CT molecular complexity index is 244. The summed E-state index contributed by atoms with van der Waals surface area (Å²) in [5.41, 5.74) is 8.29. The lowest BCUT2D eigenvalue weighted by molar-refractivity contribution is 0.158. The molecule has 2 aliphatic rings. The van der Waals surface area contributed by atoms with Crippen LogP contribution in [-0.4, -0.2) is 5.54 Å². The van der Waals surface area contributed by atoms with E-state index in [1.54, 1.807) is 5.57 Å². The van der Waals surface area contributed by atoms with E-state index in [1.807, 2.05) is 0 Å². The lowest BCUT2D eigenvalue weighted by atomic mass is 9.61. The molecule has 2 N–H and O–H groups in total. The molecule has 3 unspecified atom stereocenters. The molecule has 3 atom stereocenters. The van der Waals surface area contributed by atoms with Gasteiger partial charge in [0.15, 0.2) is 0 Å². The van der Waals surface area contributed by atoms with Gasteiger partial charge in [-0.1, -0.05) is 31.9 Å². The number of rotatable bonds is 1. The fourth-order valence-electron chi connectivity index (χ4n) is 3.64. The number of hydrogen-bond donors (Lipinski definition) is 1. The maximum Gasteiger partial charge on any atom is 0.0400 e. The van der Waals surface area contributed by atoms with Gasteiger partial charge in [-0.05, 0) is 43.9 Å². The Morgan fingerprint density at radius 3 is 3.07 bits per heavy atom. The second kappa shape index (κ2) is 3.69. The van der Waals surface area contributed by atoms with Gasteiger partial charge in [0.05, 0.1) is 0 Å². The number of hydrogen-bond acceptors (Lipinski definition) is 1. The van der Waals surface area contributed by atoms with Gasteiger partial charge in [0.25, 0.3) is 0 Å². The molecule has 14 heavy (non-hydrogen) atoms. The van der Waals surface area contributed by atoms with Crippen molar-refractivity contribution < 1.29 is 0 Å². The third-order valence-electron chi connectivity index (χ3n) is 4.44. The summed E-state index contributed by atoms with van der Waals surface area (Å²) in [6, 6.07) is 0.